The molecule has 0 heterocycles. The van der Waals surface area contributed by atoms with Crippen molar-refractivity contribution in [2.75, 3.05) is 13.7 Å². The molecule has 9 heteroatoms. The van der Waals surface area contributed by atoms with Crippen molar-refractivity contribution in [1.29, 1.82) is 0 Å². The van der Waals surface area contributed by atoms with Crippen molar-refractivity contribution in [3.63, 3.8) is 0 Å². The second kappa shape index (κ2) is 10.5. The van der Waals surface area contributed by atoms with Gasteiger partial charge in [-0.2, -0.15) is 0 Å². The molecule has 0 saturated heterocycles. The molecule has 0 spiro atoms. The number of rotatable bonds is 8. The Labute approximate surface area is 194 Å². The molecule has 0 saturated carbocycles. The van der Waals surface area contributed by atoms with E-state index in [2.05, 4.69) is 0 Å². The summed E-state index contributed by atoms with van der Waals surface area (Å²) in [7, 11) is 1.59. The molecule has 3 aromatic carbocycles. The Morgan fingerprint density at radius 3 is 2.27 bits per heavy atom. The fourth-order valence-corrected chi connectivity index (χ4v) is 3.26. The van der Waals surface area contributed by atoms with Gasteiger partial charge in [0.1, 0.15) is 5.02 Å². The second-order valence-corrected chi connectivity index (χ2v) is 7.52. The van der Waals surface area contributed by atoms with Gasteiger partial charge in [0.25, 0.3) is 11.6 Å². The number of carbonyl (C=O) groups excluding carboxylic acids is 3. The van der Waals surface area contributed by atoms with Crippen molar-refractivity contribution >= 4 is 34.9 Å². The first-order valence-electron chi connectivity index (χ1n) is 9.80. The molecule has 0 aliphatic carbocycles. The molecule has 0 N–H and O–H groups in total. The molecule has 0 unspecified atom stereocenters. The molecule has 3 aromatic rings. The molecule has 168 valence electrons. The molecule has 0 radical (unpaired) electrons. The lowest BCUT2D eigenvalue weighted by Crippen LogP contribution is -2.31. The number of nitro benzene ring substituents is 1. The predicted molar refractivity (Wildman–Crippen MR) is 121 cm³/mol. The number of ketones is 1. The molecule has 1 amide bonds. The normalized spacial score (nSPS) is 10.4. The predicted octanol–water partition coefficient (Wildman–Crippen LogP) is 4.29. The lowest BCUT2D eigenvalue weighted by molar-refractivity contribution is -0.384. The van der Waals surface area contributed by atoms with Crippen LogP contribution in [-0.2, 0) is 16.1 Å². The van der Waals surface area contributed by atoms with E-state index in [1.165, 1.54) is 29.2 Å². The van der Waals surface area contributed by atoms with Crippen molar-refractivity contribution < 1.29 is 24.0 Å². The van der Waals surface area contributed by atoms with E-state index in [1.54, 1.807) is 19.2 Å². The molecular formula is C24H19ClN2O6. The van der Waals surface area contributed by atoms with Crippen LogP contribution >= 0.6 is 11.6 Å². The van der Waals surface area contributed by atoms with E-state index in [4.69, 9.17) is 16.3 Å². The third-order valence-electron chi connectivity index (χ3n) is 4.81. The van der Waals surface area contributed by atoms with Crippen LogP contribution in [0, 0.1) is 10.1 Å². The average molecular weight is 467 g/mol. The Hall–Kier alpha value is -4.04. The molecule has 0 aliphatic heterocycles. The number of likely N-dealkylation sites (N-methyl/N-ethyl adjacent to an activating group) is 1. The Morgan fingerprint density at radius 2 is 1.61 bits per heavy atom. The first-order chi connectivity index (χ1) is 15.8. The number of nitrogens with zero attached hydrogens (tertiary/aromatic N) is 2. The third kappa shape index (κ3) is 5.81. The van der Waals surface area contributed by atoms with Crippen LogP contribution in [0.25, 0.3) is 0 Å². The number of hydrogen-bond donors (Lipinski definition) is 0. The maximum absolute atomic E-state index is 13.0. The topological polar surface area (TPSA) is 107 Å². The monoisotopic (exact) mass is 466 g/mol. The lowest BCUT2D eigenvalue weighted by atomic mass is 9.98. The molecule has 0 aliphatic rings. The first kappa shape index (κ1) is 23.6. The molecule has 0 aromatic heterocycles. The van der Waals surface area contributed by atoms with E-state index in [9.17, 15) is 24.5 Å². The van der Waals surface area contributed by atoms with Crippen molar-refractivity contribution in [1.82, 2.24) is 4.90 Å². The zero-order chi connectivity index (χ0) is 24.0. The number of carbonyl (C=O) groups is 3. The van der Waals surface area contributed by atoms with Gasteiger partial charge in [-0.3, -0.25) is 19.7 Å². The lowest BCUT2D eigenvalue weighted by Gasteiger charge is -2.17. The third-order valence-corrected chi connectivity index (χ3v) is 5.13. The highest BCUT2D eigenvalue weighted by Crippen LogP contribution is 2.27. The summed E-state index contributed by atoms with van der Waals surface area (Å²) in [6.45, 7) is -0.154. The number of benzene rings is 3. The smallest absolute Gasteiger partial charge is 0.339 e. The highest BCUT2D eigenvalue weighted by molar-refractivity contribution is 6.33. The van der Waals surface area contributed by atoms with Crippen LogP contribution in [-0.4, -0.2) is 41.1 Å². The average Bonchev–Trinajstić information content (AvgIpc) is 2.82. The minimum absolute atomic E-state index is 0.00924. The number of nitro groups is 1. The first-order valence-corrected chi connectivity index (χ1v) is 10.2. The molecule has 0 bridgehead atoms. The standard InChI is InChI=1S/C24H19ClN2O6/c1-26(14-16-7-3-2-4-8-16)22(28)15-33-24(30)19-10-6-5-9-18(19)23(29)17-11-12-20(25)21(13-17)27(31)32/h2-13H,14-15H2,1H3. The number of ether oxygens (including phenoxy) is 1. The largest absolute Gasteiger partial charge is 0.452 e. The maximum atomic E-state index is 13.0. The molecule has 0 fully saturated rings. The van der Waals surface area contributed by atoms with E-state index >= 15 is 0 Å². The Morgan fingerprint density at radius 1 is 0.970 bits per heavy atom. The van der Waals surface area contributed by atoms with Crippen LogP contribution in [0.5, 0.6) is 0 Å². The molecule has 3 rings (SSSR count). The van der Waals surface area contributed by atoms with Crippen LogP contribution in [0.4, 0.5) is 5.69 Å². The summed E-state index contributed by atoms with van der Waals surface area (Å²) < 4.78 is 5.14. The summed E-state index contributed by atoms with van der Waals surface area (Å²) in [5.41, 5.74) is 0.426. The van der Waals surface area contributed by atoms with Gasteiger partial charge in [-0.15, -0.1) is 0 Å². The van der Waals surface area contributed by atoms with E-state index < -0.39 is 34.9 Å². The van der Waals surface area contributed by atoms with Gasteiger partial charge in [0.15, 0.2) is 12.4 Å². The van der Waals surface area contributed by atoms with Crippen molar-refractivity contribution in [2.45, 2.75) is 6.54 Å². The summed E-state index contributed by atoms with van der Waals surface area (Å²) in [4.78, 5) is 49.8. The number of amides is 1. The van der Waals surface area contributed by atoms with E-state index in [0.717, 1.165) is 11.6 Å². The van der Waals surface area contributed by atoms with Crippen molar-refractivity contribution in [2.24, 2.45) is 0 Å². The summed E-state index contributed by atoms with van der Waals surface area (Å²) in [6.07, 6.45) is 0. The van der Waals surface area contributed by atoms with Gasteiger partial charge in [-0.1, -0.05) is 60.1 Å². The van der Waals surface area contributed by atoms with Crippen molar-refractivity contribution in [3.8, 4) is 0 Å². The van der Waals surface area contributed by atoms with Gasteiger partial charge in [0.2, 0.25) is 0 Å². The van der Waals surface area contributed by atoms with Gasteiger partial charge < -0.3 is 9.64 Å². The Bertz CT molecular complexity index is 1210. The number of halogens is 1. The quantitative estimate of drug-likeness (QED) is 0.212. The molecule has 0 atom stereocenters. The molecule has 8 nitrogen and oxygen atoms in total. The highest BCUT2D eigenvalue weighted by atomic mass is 35.5. The Balaban J connectivity index is 1.72. The maximum Gasteiger partial charge on any atom is 0.339 e. The van der Waals surface area contributed by atoms with Gasteiger partial charge in [0, 0.05) is 30.8 Å². The second-order valence-electron chi connectivity index (χ2n) is 7.11. The van der Waals surface area contributed by atoms with E-state index in [1.807, 2.05) is 30.3 Å². The fourth-order valence-electron chi connectivity index (χ4n) is 3.07. The van der Waals surface area contributed by atoms with Gasteiger partial charge in [0.05, 0.1) is 10.5 Å². The van der Waals surface area contributed by atoms with Crippen LogP contribution in [0.15, 0.2) is 72.8 Å². The summed E-state index contributed by atoms with van der Waals surface area (Å²) >= 11 is 5.81. The minimum atomic E-state index is -0.858. The Kier molecular flexibility index (Phi) is 7.53. The zero-order valence-corrected chi connectivity index (χ0v) is 18.3. The van der Waals surface area contributed by atoms with Gasteiger partial charge >= 0.3 is 5.97 Å². The summed E-state index contributed by atoms with van der Waals surface area (Å²) in [6, 6.07) is 18.8. The van der Waals surface area contributed by atoms with Gasteiger partial charge in [-0.05, 0) is 23.8 Å². The van der Waals surface area contributed by atoms with Crippen LogP contribution in [0.3, 0.4) is 0 Å². The SMILES string of the molecule is CN(Cc1ccccc1)C(=O)COC(=O)c1ccccc1C(=O)c1ccc(Cl)c([N+](=O)[O-])c1. The fraction of sp³-hybridized carbons (Fsp3) is 0.125. The molecule has 33 heavy (non-hydrogen) atoms. The number of esters is 1. The zero-order valence-electron chi connectivity index (χ0n) is 17.6. The van der Waals surface area contributed by atoms with Gasteiger partial charge in [-0.25, -0.2) is 4.79 Å². The highest BCUT2D eigenvalue weighted by Gasteiger charge is 2.23. The van der Waals surface area contributed by atoms with Crippen LogP contribution in [0.2, 0.25) is 5.02 Å². The minimum Gasteiger partial charge on any atom is -0.452 e. The van der Waals surface area contributed by atoms with Crippen LogP contribution < -0.4 is 0 Å². The summed E-state index contributed by atoms with van der Waals surface area (Å²) in [5.74, 6) is -1.89. The van der Waals surface area contributed by atoms with E-state index in [-0.39, 0.29) is 21.7 Å². The summed E-state index contributed by atoms with van der Waals surface area (Å²) in [5, 5.41) is 11.0. The van der Waals surface area contributed by atoms with Crippen molar-refractivity contribution in [3.05, 3.63) is 110 Å². The van der Waals surface area contributed by atoms with E-state index in [0.29, 0.717) is 6.54 Å². The molecular weight excluding hydrogens is 448 g/mol. The van der Waals surface area contributed by atoms with Crippen LogP contribution in [0.1, 0.15) is 31.8 Å². The number of hydrogen-bond acceptors (Lipinski definition) is 6.